The average molecular weight is 348 g/mol. The highest BCUT2D eigenvalue weighted by Crippen LogP contribution is 2.21. The van der Waals surface area contributed by atoms with Crippen molar-refractivity contribution in [3.8, 4) is 0 Å². The van der Waals surface area contributed by atoms with Crippen LogP contribution in [-0.2, 0) is 10.0 Å². The van der Waals surface area contributed by atoms with E-state index in [4.69, 9.17) is 4.52 Å². The smallest absolute Gasteiger partial charge is 0.266 e. The van der Waals surface area contributed by atoms with Crippen LogP contribution in [0.5, 0.6) is 0 Å². The SMILES string of the molecule is Cc1cc(Nc2ccc(NS(=O)(=O)c3c(C)n[nH]c3C)nc2)no1. The molecular formula is C14H16N6O3S. The van der Waals surface area contributed by atoms with Crippen LogP contribution in [-0.4, -0.2) is 28.8 Å². The first-order valence-corrected chi connectivity index (χ1v) is 8.54. The molecule has 0 bridgehead atoms. The Morgan fingerprint density at radius 1 is 1.17 bits per heavy atom. The van der Waals surface area contributed by atoms with Gasteiger partial charge in [-0.05, 0) is 32.9 Å². The molecular weight excluding hydrogens is 332 g/mol. The van der Waals surface area contributed by atoms with E-state index in [0.29, 0.717) is 28.7 Å². The third kappa shape index (κ3) is 3.23. The molecule has 0 aliphatic heterocycles. The number of anilines is 3. The minimum absolute atomic E-state index is 0.129. The van der Waals surface area contributed by atoms with Gasteiger partial charge in [0.05, 0.1) is 23.3 Å². The zero-order chi connectivity index (χ0) is 17.3. The molecule has 0 unspecified atom stereocenters. The standard InChI is InChI=1S/C14H16N6O3S/c1-8-6-13(19-23-8)16-11-4-5-12(15-7-11)20-24(21,22)14-9(2)17-18-10(14)3/h4-7H,1-3H3,(H,15,20)(H,16,19)(H,17,18). The van der Waals surface area contributed by atoms with E-state index >= 15 is 0 Å². The van der Waals surface area contributed by atoms with Gasteiger partial charge in [0.1, 0.15) is 16.5 Å². The summed E-state index contributed by atoms with van der Waals surface area (Å²) in [5, 5.41) is 13.4. The van der Waals surface area contributed by atoms with Crippen LogP contribution in [0.1, 0.15) is 17.1 Å². The normalized spacial score (nSPS) is 11.5. The lowest BCUT2D eigenvalue weighted by molar-refractivity contribution is 0.400. The molecule has 0 aliphatic carbocycles. The topological polar surface area (TPSA) is 126 Å². The summed E-state index contributed by atoms with van der Waals surface area (Å²) in [6.45, 7) is 5.06. The number of sulfonamides is 1. The van der Waals surface area contributed by atoms with Gasteiger partial charge in [0.15, 0.2) is 5.82 Å². The summed E-state index contributed by atoms with van der Waals surface area (Å²) in [6, 6.07) is 4.97. The molecule has 0 radical (unpaired) electrons. The van der Waals surface area contributed by atoms with Crippen LogP contribution in [0.15, 0.2) is 33.8 Å². The number of nitrogens with one attached hydrogen (secondary N) is 3. The Balaban J connectivity index is 1.76. The van der Waals surface area contributed by atoms with Crippen molar-refractivity contribution in [2.24, 2.45) is 0 Å². The molecule has 0 saturated heterocycles. The number of hydrogen-bond donors (Lipinski definition) is 3. The highest BCUT2D eigenvalue weighted by atomic mass is 32.2. The first-order chi connectivity index (χ1) is 11.3. The molecule has 0 saturated carbocycles. The maximum Gasteiger partial charge on any atom is 0.266 e. The maximum atomic E-state index is 12.4. The second-order valence-corrected chi connectivity index (χ2v) is 6.87. The molecule has 3 aromatic rings. The number of nitrogens with zero attached hydrogens (tertiary/aromatic N) is 3. The van der Waals surface area contributed by atoms with Crippen molar-refractivity contribution in [2.75, 3.05) is 10.0 Å². The van der Waals surface area contributed by atoms with Crippen LogP contribution in [0.4, 0.5) is 17.3 Å². The summed E-state index contributed by atoms with van der Waals surface area (Å²) in [7, 11) is -3.75. The molecule has 3 heterocycles. The molecule has 0 fully saturated rings. The Kier molecular flexibility index (Phi) is 3.97. The maximum absolute atomic E-state index is 12.4. The Hall–Kier alpha value is -2.88. The van der Waals surface area contributed by atoms with Crippen LogP contribution in [0.2, 0.25) is 0 Å². The van der Waals surface area contributed by atoms with Crippen molar-refractivity contribution in [1.29, 1.82) is 0 Å². The van der Waals surface area contributed by atoms with Crippen molar-refractivity contribution in [2.45, 2.75) is 25.7 Å². The van der Waals surface area contributed by atoms with E-state index in [-0.39, 0.29) is 10.7 Å². The molecule has 3 rings (SSSR count). The third-order valence-corrected chi connectivity index (χ3v) is 4.85. The minimum Gasteiger partial charge on any atom is -0.360 e. The highest BCUT2D eigenvalue weighted by molar-refractivity contribution is 7.92. The van der Waals surface area contributed by atoms with Gasteiger partial charge in [0.2, 0.25) is 0 Å². The van der Waals surface area contributed by atoms with Gasteiger partial charge in [0.25, 0.3) is 10.0 Å². The van der Waals surface area contributed by atoms with Crippen LogP contribution < -0.4 is 10.0 Å². The van der Waals surface area contributed by atoms with E-state index in [1.54, 1.807) is 39.0 Å². The van der Waals surface area contributed by atoms with E-state index < -0.39 is 10.0 Å². The summed E-state index contributed by atoms with van der Waals surface area (Å²) in [6.07, 6.45) is 1.50. The van der Waals surface area contributed by atoms with E-state index in [0.717, 1.165) is 0 Å². The highest BCUT2D eigenvalue weighted by Gasteiger charge is 2.22. The minimum atomic E-state index is -3.75. The van der Waals surface area contributed by atoms with Crippen molar-refractivity contribution in [1.82, 2.24) is 20.3 Å². The zero-order valence-corrected chi connectivity index (χ0v) is 14.1. The van der Waals surface area contributed by atoms with E-state index in [1.165, 1.54) is 6.20 Å². The van der Waals surface area contributed by atoms with Gasteiger partial charge in [-0.1, -0.05) is 5.16 Å². The van der Waals surface area contributed by atoms with Crippen LogP contribution in [0.25, 0.3) is 0 Å². The van der Waals surface area contributed by atoms with E-state index in [1.807, 2.05) is 0 Å². The van der Waals surface area contributed by atoms with Gasteiger partial charge in [-0.3, -0.25) is 9.82 Å². The van der Waals surface area contributed by atoms with Crippen molar-refractivity contribution < 1.29 is 12.9 Å². The molecule has 0 aromatic carbocycles. The third-order valence-electron chi connectivity index (χ3n) is 3.23. The number of H-pyrrole nitrogens is 1. The molecule has 0 amide bonds. The van der Waals surface area contributed by atoms with E-state index in [9.17, 15) is 8.42 Å². The molecule has 3 N–H and O–H groups in total. The number of aromatic amines is 1. The zero-order valence-electron chi connectivity index (χ0n) is 13.3. The number of aryl methyl sites for hydroxylation is 3. The first-order valence-electron chi connectivity index (χ1n) is 7.06. The van der Waals surface area contributed by atoms with Gasteiger partial charge in [0, 0.05) is 6.07 Å². The van der Waals surface area contributed by atoms with Gasteiger partial charge < -0.3 is 9.84 Å². The molecule has 0 aliphatic rings. The monoisotopic (exact) mass is 348 g/mol. The second-order valence-electron chi connectivity index (χ2n) is 5.25. The fourth-order valence-electron chi connectivity index (χ4n) is 2.23. The molecule has 10 heteroatoms. The number of pyridine rings is 1. The predicted molar refractivity (Wildman–Crippen MR) is 87.6 cm³/mol. The number of rotatable bonds is 5. The lowest BCUT2D eigenvalue weighted by Gasteiger charge is -2.08. The van der Waals surface area contributed by atoms with Crippen molar-refractivity contribution >= 4 is 27.3 Å². The Bertz CT molecular complexity index is 939. The van der Waals surface area contributed by atoms with Gasteiger partial charge in [-0.25, -0.2) is 13.4 Å². The Morgan fingerprint density at radius 2 is 1.96 bits per heavy atom. The Morgan fingerprint density at radius 3 is 2.50 bits per heavy atom. The molecule has 9 nitrogen and oxygen atoms in total. The summed E-state index contributed by atoms with van der Waals surface area (Å²) in [5.74, 6) is 1.44. The van der Waals surface area contributed by atoms with Crippen LogP contribution in [0.3, 0.4) is 0 Å². The molecule has 24 heavy (non-hydrogen) atoms. The Labute approximate surface area is 138 Å². The summed E-state index contributed by atoms with van der Waals surface area (Å²) in [5.41, 5.74) is 1.53. The quantitative estimate of drug-likeness (QED) is 0.645. The van der Waals surface area contributed by atoms with Crippen LogP contribution in [0, 0.1) is 20.8 Å². The van der Waals surface area contributed by atoms with Crippen LogP contribution >= 0.6 is 0 Å². The van der Waals surface area contributed by atoms with Crippen molar-refractivity contribution in [3.63, 3.8) is 0 Å². The average Bonchev–Trinajstić information content (AvgIpc) is 3.07. The van der Waals surface area contributed by atoms with Crippen molar-refractivity contribution in [3.05, 3.63) is 41.5 Å². The fourth-order valence-corrected chi connectivity index (χ4v) is 3.61. The first kappa shape index (κ1) is 16.0. The lowest BCUT2D eigenvalue weighted by atomic mass is 10.4. The summed E-state index contributed by atoms with van der Waals surface area (Å²) in [4.78, 5) is 4.22. The number of hydrogen-bond acceptors (Lipinski definition) is 7. The molecule has 0 atom stereocenters. The summed E-state index contributed by atoms with van der Waals surface area (Å²) < 4.78 is 32.3. The predicted octanol–water partition coefficient (Wildman–Crippen LogP) is 2.26. The van der Waals surface area contributed by atoms with Gasteiger partial charge in [-0.2, -0.15) is 5.10 Å². The molecule has 126 valence electrons. The number of aromatic nitrogens is 4. The van der Waals surface area contributed by atoms with E-state index in [2.05, 4.69) is 30.4 Å². The second kappa shape index (κ2) is 5.96. The molecule has 3 aromatic heterocycles. The summed E-state index contributed by atoms with van der Waals surface area (Å²) >= 11 is 0. The fraction of sp³-hybridized carbons (Fsp3) is 0.214. The van der Waals surface area contributed by atoms with Gasteiger partial charge in [-0.15, -0.1) is 0 Å². The van der Waals surface area contributed by atoms with Gasteiger partial charge >= 0.3 is 0 Å². The lowest BCUT2D eigenvalue weighted by Crippen LogP contribution is -2.15. The molecule has 0 spiro atoms. The largest absolute Gasteiger partial charge is 0.360 e.